The second kappa shape index (κ2) is 5.11. The summed E-state index contributed by atoms with van der Waals surface area (Å²) in [4.78, 5) is 17.0. The number of nitrogens with zero attached hydrogens (tertiary/aromatic N) is 1. The van der Waals surface area contributed by atoms with Crippen LogP contribution in [0.3, 0.4) is 0 Å². The molecule has 1 aromatic heterocycles. The average molecular weight is 334 g/mol. The zero-order chi connectivity index (χ0) is 13.2. The van der Waals surface area contributed by atoms with Gasteiger partial charge in [0.05, 0.1) is 5.56 Å². The van der Waals surface area contributed by atoms with Gasteiger partial charge in [0.1, 0.15) is 0 Å². The molecule has 2 heterocycles. The van der Waals surface area contributed by atoms with Crippen molar-refractivity contribution in [2.24, 2.45) is 4.99 Å². The Morgan fingerprint density at radius 1 is 1.21 bits per heavy atom. The van der Waals surface area contributed by atoms with Gasteiger partial charge in [-0.15, -0.1) is 11.3 Å². The number of hydrogen-bond donors (Lipinski definition) is 0. The van der Waals surface area contributed by atoms with Gasteiger partial charge in [-0.3, -0.25) is 0 Å². The summed E-state index contributed by atoms with van der Waals surface area (Å²) in [6.07, 6.45) is 1.73. The first-order valence-electron chi connectivity index (χ1n) is 5.55. The second-order valence-corrected chi connectivity index (χ2v) is 5.66. The molecule has 5 heteroatoms. The van der Waals surface area contributed by atoms with E-state index in [-0.39, 0.29) is 0 Å². The highest BCUT2D eigenvalue weighted by Crippen LogP contribution is 2.24. The molecule has 94 valence electrons. The summed E-state index contributed by atoms with van der Waals surface area (Å²) >= 11 is 4.97. The van der Waals surface area contributed by atoms with Crippen LogP contribution in [-0.2, 0) is 9.53 Å². The number of hydrogen-bond acceptors (Lipinski definition) is 4. The molecule has 1 aromatic carbocycles. The lowest BCUT2D eigenvalue weighted by Crippen LogP contribution is -2.05. The van der Waals surface area contributed by atoms with Crippen molar-refractivity contribution in [1.29, 1.82) is 0 Å². The zero-order valence-corrected chi connectivity index (χ0v) is 12.1. The van der Waals surface area contributed by atoms with E-state index in [4.69, 9.17) is 4.74 Å². The molecule has 0 amide bonds. The number of carbonyl (C=O) groups is 1. The maximum absolute atomic E-state index is 11.8. The molecule has 0 bridgehead atoms. The summed E-state index contributed by atoms with van der Waals surface area (Å²) in [5.74, 6) is -0.0839. The fourth-order valence-corrected chi connectivity index (χ4v) is 2.77. The van der Waals surface area contributed by atoms with Crippen molar-refractivity contribution in [2.45, 2.75) is 0 Å². The maximum Gasteiger partial charge on any atom is 0.363 e. The highest BCUT2D eigenvalue weighted by atomic mass is 79.9. The summed E-state index contributed by atoms with van der Waals surface area (Å²) in [5.41, 5.74) is 1.10. The van der Waals surface area contributed by atoms with E-state index in [0.29, 0.717) is 11.6 Å². The third kappa shape index (κ3) is 2.52. The molecule has 0 unspecified atom stereocenters. The van der Waals surface area contributed by atoms with Gasteiger partial charge in [-0.2, -0.15) is 0 Å². The summed E-state index contributed by atoms with van der Waals surface area (Å²) in [5, 5.41) is 1.95. The van der Waals surface area contributed by atoms with Crippen LogP contribution in [0.25, 0.3) is 6.08 Å². The van der Waals surface area contributed by atoms with E-state index in [2.05, 4.69) is 20.9 Å². The predicted octanol–water partition coefficient (Wildman–Crippen LogP) is 3.86. The Labute approximate surface area is 122 Å². The van der Waals surface area contributed by atoms with Gasteiger partial charge < -0.3 is 4.74 Å². The molecule has 2 aromatic rings. The van der Waals surface area contributed by atoms with Crippen molar-refractivity contribution in [3.63, 3.8) is 0 Å². The van der Waals surface area contributed by atoms with Crippen LogP contribution in [0.2, 0.25) is 0 Å². The number of esters is 1. The number of thiophene rings is 1. The Balaban J connectivity index is 1.98. The van der Waals surface area contributed by atoms with Crippen LogP contribution in [0, 0.1) is 0 Å². The quantitative estimate of drug-likeness (QED) is 0.618. The van der Waals surface area contributed by atoms with E-state index in [1.807, 2.05) is 41.8 Å². The Bertz CT molecular complexity index is 689. The molecule has 0 radical (unpaired) electrons. The lowest BCUT2D eigenvalue weighted by Gasteiger charge is -2.01. The van der Waals surface area contributed by atoms with Crippen LogP contribution in [-0.4, -0.2) is 11.9 Å². The Kier molecular flexibility index (Phi) is 3.31. The van der Waals surface area contributed by atoms with Gasteiger partial charge in [0, 0.05) is 9.35 Å². The van der Waals surface area contributed by atoms with Gasteiger partial charge in [0.15, 0.2) is 5.70 Å². The monoisotopic (exact) mass is 333 g/mol. The summed E-state index contributed by atoms with van der Waals surface area (Å²) < 4.78 is 6.05. The number of rotatable bonds is 2. The molecule has 1 aliphatic heterocycles. The third-order valence-electron chi connectivity index (χ3n) is 2.55. The Hall–Kier alpha value is -1.72. The fourth-order valence-electron chi connectivity index (χ4n) is 1.67. The summed E-state index contributed by atoms with van der Waals surface area (Å²) in [7, 11) is 0. The minimum Gasteiger partial charge on any atom is -0.402 e. The number of cyclic esters (lactones) is 1. The van der Waals surface area contributed by atoms with E-state index in [0.717, 1.165) is 14.9 Å². The predicted molar refractivity (Wildman–Crippen MR) is 79.1 cm³/mol. The van der Waals surface area contributed by atoms with Gasteiger partial charge in [-0.1, -0.05) is 18.2 Å². The second-order valence-electron chi connectivity index (χ2n) is 3.83. The fraction of sp³-hybridized carbons (Fsp3) is 0. The lowest BCUT2D eigenvalue weighted by molar-refractivity contribution is -0.129. The molecule has 3 rings (SSSR count). The number of halogens is 1. The SMILES string of the molecule is O=C1OC(c2ccccc2Br)=N/C1=C/c1cccs1. The molecule has 0 N–H and O–H groups in total. The number of ether oxygens (including phenoxy) is 1. The molecular formula is C14H8BrNO2S. The van der Waals surface area contributed by atoms with Gasteiger partial charge in [0.2, 0.25) is 5.90 Å². The molecule has 0 spiro atoms. The molecule has 19 heavy (non-hydrogen) atoms. The molecular weight excluding hydrogens is 326 g/mol. The third-order valence-corrected chi connectivity index (χ3v) is 4.06. The molecule has 0 saturated heterocycles. The minimum atomic E-state index is -0.417. The van der Waals surface area contributed by atoms with Crippen LogP contribution in [0.4, 0.5) is 0 Å². The van der Waals surface area contributed by atoms with Crippen LogP contribution in [0.5, 0.6) is 0 Å². The number of aliphatic imine (C=N–C) groups is 1. The largest absolute Gasteiger partial charge is 0.402 e. The van der Waals surface area contributed by atoms with Crippen molar-refractivity contribution in [2.75, 3.05) is 0 Å². The molecule has 0 aliphatic carbocycles. The van der Waals surface area contributed by atoms with Gasteiger partial charge >= 0.3 is 5.97 Å². The molecule has 1 aliphatic rings. The standard InChI is InChI=1S/C14H8BrNO2S/c15-11-6-2-1-5-10(11)13-16-12(14(17)18-13)8-9-4-3-7-19-9/h1-8H/b12-8+. The first-order valence-corrected chi connectivity index (χ1v) is 7.22. The normalized spacial score (nSPS) is 16.6. The Morgan fingerprint density at radius 2 is 2.05 bits per heavy atom. The van der Waals surface area contributed by atoms with E-state index in [1.165, 1.54) is 0 Å². The van der Waals surface area contributed by atoms with Crippen molar-refractivity contribution < 1.29 is 9.53 Å². The summed E-state index contributed by atoms with van der Waals surface area (Å²) in [6.45, 7) is 0. The van der Waals surface area contributed by atoms with Gasteiger partial charge in [0.25, 0.3) is 0 Å². The number of carbonyl (C=O) groups excluding carboxylic acids is 1. The van der Waals surface area contributed by atoms with Crippen LogP contribution in [0.1, 0.15) is 10.4 Å². The van der Waals surface area contributed by atoms with E-state index >= 15 is 0 Å². The topological polar surface area (TPSA) is 38.7 Å². The smallest absolute Gasteiger partial charge is 0.363 e. The van der Waals surface area contributed by atoms with Crippen LogP contribution >= 0.6 is 27.3 Å². The Morgan fingerprint density at radius 3 is 2.79 bits per heavy atom. The van der Waals surface area contributed by atoms with Crippen LogP contribution < -0.4 is 0 Å². The van der Waals surface area contributed by atoms with E-state index in [1.54, 1.807) is 17.4 Å². The average Bonchev–Trinajstić information content (AvgIpc) is 3.02. The minimum absolute atomic E-state index is 0.327. The first kappa shape index (κ1) is 12.3. The number of benzene rings is 1. The van der Waals surface area contributed by atoms with Crippen molar-refractivity contribution in [1.82, 2.24) is 0 Å². The highest BCUT2D eigenvalue weighted by molar-refractivity contribution is 9.10. The van der Waals surface area contributed by atoms with E-state index < -0.39 is 5.97 Å². The lowest BCUT2D eigenvalue weighted by atomic mass is 10.2. The maximum atomic E-state index is 11.8. The first-order chi connectivity index (χ1) is 9.24. The summed E-state index contributed by atoms with van der Waals surface area (Å²) in [6, 6.07) is 11.4. The molecule has 0 saturated carbocycles. The highest BCUT2D eigenvalue weighted by Gasteiger charge is 2.25. The molecule has 0 fully saturated rings. The van der Waals surface area contributed by atoms with Crippen LogP contribution in [0.15, 0.2) is 56.9 Å². The molecule has 3 nitrogen and oxygen atoms in total. The van der Waals surface area contributed by atoms with Crippen molar-refractivity contribution >= 4 is 45.2 Å². The molecule has 0 atom stereocenters. The van der Waals surface area contributed by atoms with Gasteiger partial charge in [-0.05, 0) is 45.6 Å². The van der Waals surface area contributed by atoms with Gasteiger partial charge in [-0.25, -0.2) is 9.79 Å². The van der Waals surface area contributed by atoms with Crippen molar-refractivity contribution in [3.05, 3.63) is 62.4 Å². The zero-order valence-electron chi connectivity index (χ0n) is 9.67. The van der Waals surface area contributed by atoms with Crippen molar-refractivity contribution in [3.8, 4) is 0 Å². The van der Waals surface area contributed by atoms with E-state index in [9.17, 15) is 4.79 Å².